The zero-order chi connectivity index (χ0) is 11.5. The van der Waals surface area contributed by atoms with Gasteiger partial charge >= 0.3 is 0 Å². The molecule has 1 atom stereocenters. The highest BCUT2D eigenvalue weighted by Gasteiger charge is 2.32. The summed E-state index contributed by atoms with van der Waals surface area (Å²) in [4.78, 5) is 2.48. The lowest BCUT2D eigenvalue weighted by Gasteiger charge is -2.42. The van der Waals surface area contributed by atoms with Gasteiger partial charge in [-0.25, -0.2) is 0 Å². The maximum absolute atomic E-state index is 6.34. The fourth-order valence-electron chi connectivity index (χ4n) is 2.45. The van der Waals surface area contributed by atoms with Crippen LogP contribution in [0, 0.1) is 5.92 Å². The molecule has 0 radical (unpaired) electrons. The highest BCUT2D eigenvalue weighted by molar-refractivity contribution is 4.92. The molecule has 1 unspecified atom stereocenters. The Balaban J connectivity index is 2.41. The first-order valence-electron chi connectivity index (χ1n) is 6.53. The summed E-state index contributed by atoms with van der Waals surface area (Å²) in [5.74, 6) is 1.00. The molecule has 0 bridgehead atoms. The second-order valence-electron chi connectivity index (χ2n) is 5.45. The molecule has 15 heavy (non-hydrogen) atoms. The Hall–Kier alpha value is -0.0800. The highest BCUT2D eigenvalue weighted by atomic mass is 15.2. The third-order valence-electron chi connectivity index (χ3n) is 4.07. The van der Waals surface area contributed by atoms with Crippen LogP contribution < -0.4 is 5.73 Å². The third kappa shape index (κ3) is 3.46. The Morgan fingerprint density at radius 1 is 1.27 bits per heavy atom. The monoisotopic (exact) mass is 212 g/mol. The second-order valence-corrected chi connectivity index (χ2v) is 5.45. The van der Waals surface area contributed by atoms with Gasteiger partial charge in [0, 0.05) is 11.6 Å². The molecule has 2 N–H and O–H groups in total. The summed E-state index contributed by atoms with van der Waals surface area (Å²) in [5.41, 5.74) is 6.49. The van der Waals surface area contributed by atoms with Crippen molar-refractivity contribution in [3.63, 3.8) is 0 Å². The molecule has 90 valence electrons. The van der Waals surface area contributed by atoms with E-state index in [0.29, 0.717) is 6.04 Å². The third-order valence-corrected chi connectivity index (χ3v) is 4.07. The van der Waals surface area contributed by atoms with Crippen molar-refractivity contribution in [1.29, 1.82) is 0 Å². The molecule has 1 aliphatic rings. The maximum atomic E-state index is 6.34. The summed E-state index contributed by atoms with van der Waals surface area (Å²) in [6, 6.07) is 0.318. The van der Waals surface area contributed by atoms with Crippen LogP contribution in [0.1, 0.15) is 53.4 Å². The molecule has 0 amide bonds. The number of hydrogen-bond donors (Lipinski definition) is 1. The number of hydrogen-bond acceptors (Lipinski definition) is 2. The van der Waals surface area contributed by atoms with Crippen molar-refractivity contribution in [2.24, 2.45) is 11.7 Å². The van der Waals surface area contributed by atoms with Crippen molar-refractivity contribution in [1.82, 2.24) is 4.90 Å². The molecule has 0 spiro atoms. The number of likely N-dealkylation sites (N-methyl/N-ethyl adjacent to an activating group) is 1. The van der Waals surface area contributed by atoms with Crippen LogP contribution >= 0.6 is 0 Å². The Labute approximate surface area is 95.2 Å². The largest absolute Gasteiger partial charge is 0.326 e. The molecular formula is C13H28N2. The standard InChI is InChI=1S/C13H28N2/c1-5-15(6-2)13(3,4)12(14)10-9-11-7-8-11/h11-12H,5-10,14H2,1-4H3. The topological polar surface area (TPSA) is 29.3 Å². The minimum Gasteiger partial charge on any atom is -0.326 e. The fraction of sp³-hybridized carbons (Fsp3) is 1.00. The van der Waals surface area contributed by atoms with Crippen molar-refractivity contribution in [2.45, 2.75) is 65.0 Å². The average Bonchev–Trinajstić information content (AvgIpc) is 2.99. The molecule has 2 heteroatoms. The first kappa shape index (κ1) is 13.0. The molecule has 1 fully saturated rings. The molecule has 1 aliphatic carbocycles. The number of nitrogens with two attached hydrogens (primary N) is 1. The van der Waals surface area contributed by atoms with E-state index in [2.05, 4.69) is 32.6 Å². The van der Waals surface area contributed by atoms with Crippen molar-refractivity contribution >= 4 is 0 Å². The minimum atomic E-state index is 0.151. The molecule has 0 heterocycles. The predicted octanol–water partition coefficient (Wildman–Crippen LogP) is 2.62. The van der Waals surface area contributed by atoms with Gasteiger partial charge in [-0.3, -0.25) is 4.90 Å². The highest BCUT2D eigenvalue weighted by Crippen LogP contribution is 2.35. The van der Waals surface area contributed by atoms with Crippen molar-refractivity contribution in [2.75, 3.05) is 13.1 Å². The van der Waals surface area contributed by atoms with Crippen LogP contribution in [-0.4, -0.2) is 29.6 Å². The average molecular weight is 212 g/mol. The first-order chi connectivity index (χ1) is 7.02. The van der Waals surface area contributed by atoms with Crippen molar-refractivity contribution in [3.05, 3.63) is 0 Å². The van der Waals surface area contributed by atoms with E-state index in [1.54, 1.807) is 0 Å². The Morgan fingerprint density at radius 2 is 1.80 bits per heavy atom. The lowest BCUT2D eigenvalue weighted by atomic mass is 9.89. The Kier molecular flexibility index (Phi) is 4.60. The second kappa shape index (κ2) is 5.31. The normalized spacial score (nSPS) is 19.6. The molecule has 1 saturated carbocycles. The van der Waals surface area contributed by atoms with Gasteiger partial charge < -0.3 is 5.73 Å². The molecule has 1 rings (SSSR count). The Morgan fingerprint density at radius 3 is 2.20 bits per heavy atom. The maximum Gasteiger partial charge on any atom is 0.0303 e. The lowest BCUT2D eigenvalue weighted by Crippen LogP contribution is -2.55. The fourth-order valence-corrected chi connectivity index (χ4v) is 2.45. The smallest absolute Gasteiger partial charge is 0.0303 e. The molecular weight excluding hydrogens is 184 g/mol. The zero-order valence-corrected chi connectivity index (χ0v) is 10.9. The van der Waals surface area contributed by atoms with Crippen LogP contribution in [0.15, 0.2) is 0 Å². The summed E-state index contributed by atoms with van der Waals surface area (Å²) >= 11 is 0. The van der Waals surface area contributed by atoms with E-state index in [1.807, 2.05) is 0 Å². The number of nitrogens with zero attached hydrogens (tertiary/aromatic N) is 1. The van der Waals surface area contributed by atoms with Gasteiger partial charge in [0.25, 0.3) is 0 Å². The predicted molar refractivity (Wildman–Crippen MR) is 66.9 cm³/mol. The van der Waals surface area contributed by atoms with E-state index in [4.69, 9.17) is 5.73 Å². The van der Waals surface area contributed by atoms with Gasteiger partial charge in [0.05, 0.1) is 0 Å². The van der Waals surface area contributed by atoms with Gasteiger partial charge in [-0.05, 0) is 45.7 Å². The zero-order valence-electron chi connectivity index (χ0n) is 10.9. The van der Waals surface area contributed by atoms with Crippen LogP contribution in [0.4, 0.5) is 0 Å². The van der Waals surface area contributed by atoms with Gasteiger partial charge in [-0.2, -0.15) is 0 Å². The van der Waals surface area contributed by atoms with Crippen molar-refractivity contribution in [3.8, 4) is 0 Å². The SMILES string of the molecule is CCN(CC)C(C)(C)C(N)CCC1CC1. The van der Waals surface area contributed by atoms with E-state index in [-0.39, 0.29) is 5.54 Å². The Bertz CT molecular complexity index is 181. The summed E-state index contributed by atoms with van der Waals surface area (Å²) in [6.07, 6.45) is 5.41. The molecule has 0 aromatic heterocycles. The van der Waals surface area contributed by atoms with Gasteiger partial charge in [-0.15, -0.1) is 0 Å². The summed E-state index contributed by atoms with van der Waals surface area (Å²) < 4.78 is 0. The minimum absolute atomic E-state index is 0.151. The number of rotatable bonds is 7. The van der Waals surface area contributed by atoms with Crippen LogP contribution in [0.5, 0.6) is 0 Å². The molecule has 0 aliphatic heterocycles. The van der Waals surface area contributed by atoms with Gasteiger partial charge in [-0.1, -0.05) is 26.7 Å². The van der Waals surface area contributed by atoms with Crippen LogP contribution in [-0.2, 0) is 0 Å². The lowest BCUT2D eigenvalue weighted by molar-refractivity contribution is 0.102. The van der Waals surface area contributed by atoms with Gasteiger partial charge in [0.15, 0.2) is 0 Å². The molecule has 0 aromatic rings. The molecule has 2 nitrogen and oxygen atoms in total. The molecule has 0 aromatic carbocycles. The van der Waals surface area contributed by atoms with E-state index < -0.39 is 0 Å². The first-order valence-corrected chi connectivity index (χ1v) is 6.53. The van der Waals surface area contributed by atoms with Crippen LogP contribution in [0.3, 0.4) is 0 Å². The summed E-state index contributed by atoms with van der Waals surface area (Å²) in [5, 5.41) is 0. The van der Waals surface area contributed by atoms with Gasteiger partial charge in [0.2, 0.25) is 0 Å². The summed E-state index contributed by atoms with van der Waals surface area (Å²) in [6.45, 7) is 11.2. The summed E-state index contributed by atoms with van der Waals surface area (Å²) in [7, 11) is 0. The van der Waals surface area contributed by atoms with E-state index in [1.165, 1.54) is 25.7 Å². The van der Waals surface area contributed by atoms with Crippen LogP contribution in [0.25, 0.3) is 0 Å². The van der Waals surface area contributed by atoms with Crippen LogP contribution in [0.2, 0.25) is 0 Å². The van der Waals surface area contributed by atoms with Gasteiger partial charge in [0.1, 0.15) is 0 Å². The quantitative estimate of drug-likeness (QED) is 0.703. The van der Waals surface area contributed by atoms with Crippen molar-refractivity contribution < 1.29 is 0 Å². The van der Waals surface area contributed by atoms with E-state index >= 15 is 0 Å². The van der Waals surface area contributed by atoms with E-state index in [0.717, 1.165) is 19.0 Å². The molecule has 0 saturated heterocycles. The van der Waals surface area contributed by atoms with E-state index in [9.17, 15) is 0 Å².